The highest BCUT2D eigenvalue weighted by Gasteiger charge is 2.12. The van der Waals surface area contributed by atoms with E-state index in [1.165, 1.54) is 18.4 Å². The van der Waals surface area contributed by atoms with E-state index < -0.39 is 0 Å². The summed E-state index contributed by atoms with van der Waals surface area (Å²) < 4.78 is 0. The van der Waals surface area contributed by atoms with Crippen LogP contribution in [0.25, 0.3) is 0 Å². The number of hydrogen-bond donors (Lipinski definition) is 0. The molecule has 1 atom stereocenters. The lowest BCUT2D eigenvalue weighted by Gasteiger charge is -2.15. The summed E-state index contributed by atoms with van der Waals surface area (Å²) >= 11 is 0. The quantitative estimate of drug-likeness (QED) is 0.686. The molecule has 0 aliphatic carbocycles. The molecule has 0 aromatic heterocycles. The number of Topliss-reactive ketones (excluding diaryl/α,β-unsaturated/α-hetero) is 1. The maximum absolute atomic E-state index is 11.2. The first kappa shape index (κ1) is 12.0. The summed E-state index contributed by atoms with van der Waals surface area (Å²) in [5.41, 5.74) is 1.31. The van der Waals surface area contributed by atoms with Crippen molar-refractivity contribution in [2.45, 2.75) is 45.4 Å². The Hall–Kier alpha value is -1.11. The predicted molar refractivity (Wildman–Crippen MR) is 64.0 cm³/mol. The van der Waals surface area contributed by atoms with Crippen LogP contribution in [0.2, 0.25) is 0 Å². The Kier molecular flexibility index (Phi) is 5.09. The highest BCUT2D eigenvalue weighted by Crippen LogP contribution is 2.25. The topological polar surface area (TPSA) is 17.1 Å². The number of unbranched alkanes of at least 4 members (excludes halogenated alkanes) is 1. The predicted octanol–water partition coefficient (Wildman–Crippen LogP) is 3.94. The molecule has 0 N–H and O–H groups in total. The molecule has 0 saturated heterocycles. The molecule has 0 amide bonds. The van der Waals surface area contributed by atoms with Crippen molar-refractivity contribution in [3.63, 3.8) is 0 Å². The lowest BCUT2D eigenvalue weighted by molar-refractivity contribution is -0.117. The van der Waals surface area contributed by atoms with E-state index in [4.69, 9.17) is 0 Å². The van der Waals surface area contributed by atoms with Crippen molar-refractivity contribution in [1.82, 2.24) is 0 Å². The molecule has 1 aromatic carbocycles. The Labute approximate surface area is 92.5 Å². The highest BCUT2D eigenvalue weighted by molar-refractivity contribution is 5.76. The van der Waals surface area contributed by atoms with Crippen molar-refractivity contribution < 1.29 is 4.79 Å². The molecule has 0 aliphatic rings. The van der Waals surface area contributed by atoms with Gasteiger partial charge in [0, 0.05) is 6.42 Å². The van der Waals surface area contributed by atoms with E-state index in [2.05, 4.69) is 31.2 Å². The first-order valence-electron chi connectivity index (χ1n) is 5.78. The third-order valence-electron chi connectivity index (χ3n) is 2.71. The molecule has 15 heavy (non-hydrogen) atoms. The van der Waals surface area contributed by atoms with Gasteiger partial charge in [-0.3, -0.25) is 0 Å². The summed E-state index contributed by atoms with van der Waals surface area (Å²) in [6, 6.07) is 10.4. The van der Waals surface area contributed by atoms with Crippen molar-refractivity contribution >= 4 is 5.78 Å². The molecule has 1 rings (SSSR count). The summed E-state index contributed by atoms with van der Waals surface area (Å²) in [5.74, 6) is 0.712. The van der Waals surface area contributed by atoms with Gasteiger partial charge in [-0.15, -0.1) is 0 Å². The Morgan fingerprint density at radius 3 is 2.47 bits per heavy atom. The number of carbonyl (C=O) groups excluding carboxylic acids is 1. The van der Waals surface area contributed by atoms with Gasteiger partial charge >= 0.3 is 0 Å². The van der Waals surface area contributed by atoms with Gasteiger partial charge in [-0.05, 0) is 24.8 Å². The fraction of sp³-hybridized carbons (Fsp3) is 0.500. The third-order valence-corrected chi connectivity index (χ3v) is 2.71. The molecule has 0 heterocycles. The SMILES string of the molecule is CCCC[C@H](CC(C)=O)c1ccccc1. The zero-order valence-electron chi connectivity index (χ0n) is 9.70. The van der Waals surface area contributed by atoms with Gasteiger partial charge in [0.25, 0.3) is 0 Å². The van der Waals surface area contributed by atoms with Gasteiger partial charge in [-0.25, -0.2) is 0 Å². The first-order valence-corrected chi connectivity index (χ1v) is 5.78. The van der Waals surface area contributed by atoms with Crippen molar-refractivity contribution in [2.24, 2.45) is 0 Å². The minimum Gasteiger partial charge on any atom is -0.300 e. The van der Waals surface area contributed by atoms with Gasteiger partial charge in [-0.2, -0.15) is 0 Å². The number of carbonyl (C=O) groups is 1. The molecular formula is C14H20O. The molecule has 0 saturated carbocycles. The average Bonchev–Trinajstić information content (AvgIpc) is 2.25. The van der Waals surface area contributed by atoms with E-state index in [1.54, 1.807) is 6.92 Å². The summed E-state index contributed by atoms with van der Waals surface area (Å²) in [5, 5.41) is 0. The second-order valence-corrected chi connectivity index (χ2v) is 4.16. The van der Waals surface area contributed by atoms with Crippen LogP contribution in [0.15, 0.2) is 30.3 Å². The van der Waals surface area contributed by atoms with Crippen LogP contribution in [0, 0.1) is 0 Å². The molecule has 0 aliphatic heterocycles. The number of rotatable bonds is 6. The van der Waals surface area contributed by atoms with Crippen LogP contribution < -0.4 is 0 Å². The van der Waals surface area contributed by atoms with Crippen LogP contribution in [0.1, 0.15) is 51.0 Å². The molecule has 0 spiro atoms. The first-order chi connectivity index (χ1) is 7.24. The van der Waals surface area contributed by atoms with Gasteiger partial charge in [-0.1, -0.05) is 50.1 Å². The van der Waals surface area contributed by atoms with Crippen LogP contribution >= 0.6 is 0 Å². The molecule has 0 fully saturated rings. The van der Waals surface area contributed by atoms with Crippen LogP contribution in [0.3, 0.4) is 0 Å². The minimum atomic E-state index is 0.292. The van der Waals surface area contributed by atoms with Crippen LogP contribution in [-0.4, -0.2) is 5.78 Å². The van der Waals surface area contributed by atoms with Crippen molar-refractivity contribution in [1.29, 1.82) is 0 Å². The summed E-state index contributed by atoms with van der Waals surface area (Å²) in [4.78, 5) is 11.2. The summed E-state index contributed by atoms with van der Waals surface area (Å²) in [7, 11) is 0. The lowest BCUT2D eigenvalue weighted by Crippen LogP contribution is -2.04. The van der Waals surface area contributed by atoms with E-state index in [0.29, 0.717) is 18.1 Å². The van der Waals surface area contributed by atoms with Gasteiger partial charge in [0.2, 0.25) is 0 Å². The van der Waals surface area contributed by atoms with Gasteiger partial charge < -0.3 is 4.79 Å². The van der Waals surface area contributed by atoms with Gasteiger partial charge in [0.15, 0.2) is 0 Å². The van der Waals surface area contributed by atoms with Crippen LogP contribution in [-0.2, 0) is 4.79 Å². The average molecular weight is 204 g/mol. The zero-order valence-corrected chi connectivity index (χ0v) is 9.70. The van der Waals surface area contributed by atoms with Crippen molar-refractivity contribution in [3.05, 3.63) is 35.9 Å². The number of hydrogen-bond acceptors (Lipinski definition) is 1. The smallest absolute Gasteiger partial charge is 0.130 e. The Balaban J connectivity index is 2.67. The van der Waals surface area contributed by atoms with Crippen molar-refractivity contribution in [3.8, 4) is 0 Å². The van der Waals surface area contributed by atoms with Gasteiger partial charge in [0.05, 0.1) is 0 Å². The van der Waals surface area contributed by atoms with E-state index in [9.17, 15) is 4.79 Å². The van der Waals surface area contributed by atoms with Crippen LogP contribution in [0.5, 0.6) is 0 Å². The second-order valence-electron chi connectivity index (χ2n) is 4.16. The standard InChI is InChI=1S/C14H20O/c1-3-4-8-14(11-12(2)15)13-9-6-5-7-10-13/h5-7,9-10,14H,3-4,8,11H2,1-2H3/t14-/m1/s1. The fourth-order valence-electron chi connectivity index (χ4n) is 1.91. The molecule has 1 nitrogen and oxygen atoms in total. The van der Waals surface area contributed by atoms with Crippen LogP contribution in [0.4, 0.5) is 0 Å². The Bertz CT molecular complexity index is 289. The maximum atomic E-state index is 11.2. The molecular weight excluding hydrogens is 184 g/mol. The molecule has 1 aromatic rings. The highest BCUT2D eigenvalue weighted by atomic mass is 16.1. The van der Waals surface area contributed by atoms with Gasteiger partial charge in [0.1, 0.15) is 5.78 Å². The Morgan fingerprint density at radius 2 is 1.93 bits per heavy atom. The molecule has 82 valence electrons. The minimum absolute atomic E-state index is 0.292. The monoisotopic (exact) mass is 204 g/mol. The third kappa shape index (κ3) is 4.28. The van der Waals surface area contributed by atoms with Crippen molar-refractivity contribution in [2.75, 3.05) is 0 Å². The van der Waals surface area contributed by atoms with E-state index in [-0.39, 0.29) is 0 Å². The zero-order chi connectivity index (χ0) is 11.1. The number of benzene rings is 1. The summed E-state index contributed by atoms with van der Waals surface area (Å²) in [6.45, 7) is 3.87. The molecule has 1 heteroatoms. The molecule has 0 bridgehead atoms. The van der Waals surface area contributed by atoms with E-state index >= 15 is 0 Å². The largest absolute Gasteiger partial charge is 0.300 e. The molecule has 0 radical (unpaired) electrons. The Morgan fingerprint density at radius 1 is 1.27 bits per heavy atom. The van der Waals surface area contributed by atoms with E-state index in [0.717, 1.165) is 6.42 Å². The lowest BCUT2D eigenvalue weighted by atomic mass is 9.89. The second kappa shape index (κ2) is 6.39. The normalized spacial score (nSPS) is 12.4. The fourth-order valence-corrected chi connectivity index (χ4v) is 1.91. The molecule has 0 unspecified atom stereocenters. The maximum Gasteiger partial charge on any atom is 0.130 e. The number of ketones is 1. The van der Waals surface area contributed by atoms with E-state index in [1.807, 2.05) is 6.07 Å². The summed E-state index contributed by atoms with van der Waals surface area (Å²) in [6.07, 6.45) is 4.21.